The van der Waals surface area contributed by atoms with E-state index in [1.807, 2.05) is 25.1 Å². The van der Waals surface area contributed by atoms with Crippen LogP contribution in [0.25, 0.3) is 0 Å². The van der Waals surface area contributed by atoms with E-state index in [9.17, 15) is 4.79 Å². The Morgan fingerprint density at radius 2 is 2.32 bits per heavy atom. The van der Waals surface area contributed by atoms with Gasteiger partial charge < -0.3 is 11.1 Å². The number of rotatable bonds is 4. The Morgan fingerprint density at radius 3 is 2.95 bits per heavy atom. The highest BCUT2D eigenvalue weighted by Crippen LogP contribution is 2.21. The number of carbonyl (C=O) groups is 1. The van der Waals surface area contributed by atoms with Crippen molar-refractivity contribution in [1.29, 1.82) is 0 Å². The molecule has 0 aliphatic carbocycles. The van der Waals surface area contributed by atoms with Crippen LogP contribution in [0.3, 0.4) is 0 Å². The zero-order valence-electron chi connectivity index (χ0n) is 11.8. The van der Waals surface area contributed by atoms with Gasteiger partial charge in [-0.25, -0.2) is 0 Å². The summed E-state index contributed by atoms with van der Waals surface area (Å²) in [4.78, 5) is 14.2. The number of hydrogen-bond donors (Lipinski definition) is 2. The molecule has 4 nitrogen and oxygen atoms in total. The van der Waals surface area contributed by atoms with Crippen molar-refractivity contribution in [3.8, 4) is 0 Å². The fourth-order valence-electron chi connectivity index (χ4n) is 2.58. The molecule has 0 aromatic heterocycles. The van der Waals surface area contributed by atoms with E-state index in [4.69, 9.17) is 5.73 Å². The molecule has 1 fully saturated rings. The molecule has 1 aliphatic rings. The van der Waals surface area contributed by atoms with E-state index in [1.54, 1.807) is 0 Å². The van der Waals surface area contributed by atoms with E-state index in [0.717, 1.165) is 24.6 Å². The van der Waals surface area contributed by atoms with Crippen LogP contribution < -0.4 is 11.1 Å². The second kappa shape index (κ2) is 6.06. The minimum Gasteiger partial charge on any atom is -0.397 e. The molecule has 1 aromatic rings. The lowest BCUT2D eigenvalue weighted by atomic mass is 10.1. The highest BCUT2D eigenvalue weighted by atomic mass is 16.2. The first-order valence-corrected chi connectivity index (χ1v) is 6.96. The maximum absolute atomic E-state index is 12.0. The average molecular weight is 261 g/mol. The number of likely N-dealkylation sites (tertiary alicyclic amines) is 1. The number of aryl methyl sites for hydroxylation is 1. The van der Waals surface area contributed by atoms with Crippen LogP contribution in [0.2, 0.25) is 0 Å². The molecule has 19 heavy (non-hydrogen) atoms. The van der Waals surface area contributed by atoms with E-state index < -0.39 is 0 Å². The van der Waals surface area contributed by atoms with Gasteiger partial charge in [-0.05, 0) is 43.5 Å². The van der Waals surface area contributed by atoms with Gasteiger partial charge in [0.05, 0.1) is 17.9 Å². The van der Waals surface area contributed by atoms with Crippen LogP contribution in [0.1, 0.15) is 25.3 Å². The van der Waals surface area contributed by atoms with Crippen LogP contribution in [0.15, 0.2) is 18.2 Å². The van der Waals surface area contributed by atoms with Crippen molar-refractivity contribution in [2.24, 2.45) is 5.92 Å². The summed E-state index contributed by atoms with van der Waals surface area (Å²) in [5.41, 5.74) is 8.33. The largest absolute Gasteiger partial charge is 0.397 e. The SMILES string of the molecule is CCC1CCN(CC(=O)Nc2ccc(C)cc2N)C1. The summed E-state index contributed by atoms with van der Waals surface area (Å²) < 4.78 is 0. The second-order valence-corrected chi connectivity index (χ2v) is 5.44. The Labute approximate surface area is 115 Å². The summed E-state index contributed by atoms with van der Waals surface area (Å²) in [6, 6.07) is 5.69. The number of benzene rings is 1. The number of nitrogens with two attached hydrogens (primary N) is 1. The number of nitrogen functional groups attached to an aromatic ring is 1. The predicted octanol–water partition coefficient (Wildman–Crippen LogP) is 2.25. The quantitative estimate of drug-likeness (QED) is 0.817. The molecule has 4 heteroatoms. The molecule has 0 bridgehead atoms. The molecular weight excluding hydrogens is 238 g/mol. The Morgan fingerprint density at radius 1 is 1.53 bits per heavy atom. The van der Waals surface area contributed by atoms with Gasteiger partial charge >= 0.3 is 0 Å². The van der Waals surface area contributed by atoms with Crippen LogP contribution in [-0.4, -0.2) is 30.4 Å². The number of anilines is 2. The molecule has 0 spiro atoms. The van der Waals surface area contributed by atoms with E-state index in [2.05, 4.69) is 17.1 Å². The molecule has 1 saturated heterocycles. The minimum atomic E-state index is 0.0207. The van der Waals surface area contributed by atoms with Gasteiger partial charge in [0, 0.05) is 6.54 Å². The van der Waals surface area contributed by atoms with Crippen molar-refractivity contribution in [2.45, 2.75) is 26.7 Å². The molecule has 1 aliphatic heterocycles. The summed E-state index contributed by atoms with van der Waals surface area (Å²) >= 11 is 0. The molecule has 0 saturated carbocycles. The van der Waals surface area contributed by atoms with Crippen molar-refractivity contribution in [3.05, 3.63) is 23.8 Å². The fourth-order valence-corrected chi connectivity index (χ4v) is 2.58. The summed E-state index contributed by atoms with van der Waals surface area (Å²) in [6.07, 6.45) is 2.40. The second-order valence-electron chi connectivity index (χ2n) is 5.44. The fraction of sp³-hybridized carbons (Fsp3) is 0.533. The minimum absolute atomic E-state index is 0.0207. The summed E-state index contributed by atoms with van der Waals surface area (Å²) in [5.74, 6) is 0.768. The molecule has 1 heterocycles. The van der Waals surface area contributed by atoms with Gasteiger partial charge in [-0.15, -0.1) is 0 Å². The van der Waals surface area contributed by atoms with Gasteiger partial charge in [0.15, 0.2) is 0 Å². The molecule has 1 atom stereocenters. The molecule has 1 amide bonds. The van der Waals surface area contributed by atoms with Crippen molar-refractivity contribution < 1.29 is 4.79 Å². The molecule has 1 aromatic carbocycles. The zero-order chi connectivity index (χ0) is 13.8. The number of carbonyl (C=O) groups excluding carboxylic acids is 1. The van der Waals surface area contributed by atoms with Crippen molar-refractivity contribution >= 4 is 17.3 Å². The third-order valence-corrected chi connectivity index (χ3v) is 3.80. The Hall–Kier alpha value is -1.55. The topological polar surface area (TPSA) is 58.4 Å². The summed E-state index contributed by atoms with van der Waals surface area (Å²) in [6.45, 7) is 6.71. The van der Waals surface area contributed by atoms with E-state index in [0.29, 0.717) is 17.9 Å². The number of nitrogens with zero attached hydrogens (tertiary/aromatic N) is 1. The van der Waals surface area contributed by atoms with Gasteiger partial charge in [-0.2, -0.15) is 0 Å². The molecule has 1 unspecified atom stereocenters. The summed E-state index contributed by atoms with van der Waals surface area (Å²) in [5, 5.41) is 2.89. The highest BCUT2D eigenvalue weighted by Gasteiger charge is 2.22. The van der Waals surface area contributed by atoms with Crippen LogP contribution in [-0.2, 0) is 4.79 Å². The first-order chi connectivity index (χ1) is 9.08. The molecule has 2 rings (SSSR count). The highest BCUT2D eigenvalue weighted by molar-refractivity contribution is 5.95. The van der Waals surface area contributed by atoms with Gasteiger partial charge in [-0.1, -0.05) is 19.4 Å². The molecule has 104 valence electrons. The molecule has 0 radical (unpaired) electrons. The van der Waals surface area contributed by atoms with Gasteiger partial charge in [0.2, 0.25) is 5.91 Å². The Bertz CT molecular complexity index is 459. The molecule has 3 N–H and O–H groups in total. The standard InChI is InChI=1S/C15H23N3O/c1-3-12-6-7-18(9-12)10-15(19)17-14-5-4-11(2)8-13(14)16/h4-5,8,12H,3,6-7,9-10,16H2,1-2H3,(H,17,19). The van der Waals surface area contributed by atoms with Crippen molar-refractivity contribution in [1.82, 2.24) is 4.90 Å². The van der Waals surface area contributed by atoms with Crippen LogP contribution in [0.5, 0.6) is 0 Å². The van der Waals surface area contributed by atoms with E-state index in [1.165, 1.54) is 12.8 Å². The lowest BCUT2D eigenvalue weighted by Gasteiger charge is -2.16. The number of nitrogens with one attached hydrogen (secondary N) is 1. The zero-order valence-corrected chi connectivity index (χ0v) is 11.8. The Balaban J connectivity index is 1.87. The molecular formula is C15H23N3O. The first kappa shape index (κ1) is 13.9. The summed E-state index contributed by atoms with van der Waals surface area (Å²) in [7, 11) is 0. The van der Waals surface area contributed by atoms with Crippen LogP contribution in [0, 0.1) is 12.8 Å². The first-order valence-electron chi connectivity index (χ1n) is 6.96. The maximum Gasteiger partial charge on any atom is 0.238 e. The van der Waals surface area contributed by atoms with E-state index >= 15 is 0 Å². The number of hydrogen-bond acceptors (Lipinski definition) is 3. The third-order valence-electron chi connectivity index (χ3n) is 3.80. The number of amides is 1. The van der Waals surface area contributed by atoms with Gasteiger partial charge in [0.25, 0.3) is 0 Å². The average Bonchev–Trinajstić information content (AvgIpc) is 2.80. The van der Waals surface area contributed by atoms with Crippen LogP contribution >= 0.6 is 0 Å². The smallest absolute Gasteiger partial charge is 0.238 e. The monoisotopic (exact) mass is 261 g/mol. The van der Waals surface area contributed by atoms with E-state index in [-0.39, 0.29) is 5.91 Å². The third kappa shape index (κ3) is 3.70. The normalized spacial score (nSPS) is 19.6. The van der Waals surface area contributed by atoms with Crippen molar-refractivity contribution in [2.75, 3.05) is 30.7 Å². The predicted molar refractivity (Wildman–Crippen MR) is 79.1 cm³/mol. The van der Waals surface area contributed by atoms with Crippen LogP contribution in [0.4, 0.5) is 11.4 Å². The van der Waals surface area contributed by atoms with Crippen molar-refractivity contribution in [3.63, 3.8) is 0 Å². The maximum atomic E-state index is 12.0. The van der Waals surface area contributed by atoms with Gasteiger partial charge in [0.1, 0.15) is 0 Å². The lowest BCUT2D eigenvalue weighted by molar-refractivity contribution is -0.117. The Kier molecular flexibility index (Phi) is 4.43. The van der Waals surface area contributed by atoms with Gasteiger partial charge in [-0.3, -0.25) is 9.69 Å². The lowest BCUT2D eigenvalue weighted by Crippen LogP contribution is -2.31.